The van der Waals surface area contributed by atoms with Crippen molar-refractivity contribution in [3.63, 3.8) is 0 Å². The number of hydrogen-bond donors (Lipinski definition) is 1. The summed E-state index contributed by atoms with van der Waals surface area (Å²) in [6, 6.07) is 8.60. The third-order valence-corrected chi connectivity index (χ3v) is 4.37. The van der Waals surface area contributed by atoms with Gasteiger partial charge in [0.1, 0.15) is 5.75 Å². The van der Waals surface area contributed by atoms with Crippen LogP contribution in [0, 0.1) is 0 Å². The summed E-state index contributed by atoms with van der Waals surface area (Å²) in [5, 5.41) is 0.140. The standard InChI is InChI=1S/C18H22N2O3S/c1-4-6-14-11-16(21)20-18(19-14)24-12(3)17(22)13-7-9-15(10-8-13)23-5-2/h7-12H,4-6H2,1-3H3,(H,19,20,21)/t12-/m1/s1. The largest absolute Gasteiger partial charge is 0.494 e. The normalized spacial score (nSPS) is 12.0. The Kier molecular flexibility index (Phi) is 6.61. The number of hydrogen-bond acceptors (Lipinski definition) is 5. The van der Waals surface area contributed by atoms with E-state index in [4.69, 9.17) is 4.74 Å². The highest BCUT2D eigenvalue weighted by atomic mass is 32.2. The number of aryl methyl sites for hydroxylation is 1. The number of nitrogens with one attached hydrogen (secondary N) is 1. The first-order valence-corrected chi connectivity index (χ1v) is 8.95. The summed E-state index contributed by atoms with van der Waals surface area (Å²) >= 11 is 1.27. The summed E-state index contributed by atoms with van der Waals surface area (Å²) in [7, 11) is 0. The minimum absolute atomic E-state index is 0.00779. The van der Waals surface area contributed by atoms with Crippen LogP contribution in [0.3, 0.4) is 0 Å². The quantitative estimate of drug-likeness (QED) is 0.450. The molecule has 0 aliphatic heterocycles. The lowest BCUT2D eigenvalue weighted by Gasteiger charge is -2.11. The number of benzene rings is 1. The fraction of sp³-hybridized carbons (Fsp3) is 0.389. The van der Waals surface area contributed by atoms with E-state index < -0.39 is 0 Å². The first-order valence-electron chi connectivity index (χ1n) is 8.07. The molecule has 0 spiro atoms. The van der Waals surface area contributed by atoms with Crippen LogP contribution in [0.15, 0.2) is 40.3 Å². The Morgan fingerprint density at radius 1 is 1.29 bits per heavy atom. The van der Waals surface area contributed by atoms with Gasteiger partial charge in [0.25, 0.3) is 5.56 Å². The molecule has 0 saturated heterocycles. The zero-order valence-corrected chi connectivity index (χ0v) is 15.0. The molecule has 1 N–H and O–H groups in total. The van der Waals surface area contributed by atoms with E-state index in [1.54, 1.807) is 24.3 Å². The minimum Gasteiger partial charge on any atom is -0.494 e. The Morgan fingerprint density at radius 2 is 2.00 bits per heavy atom. The maximum atomic E-state index is 12.5. The summed E-state index contributed by atoms with van der Waals surface area (Å²) in [6.07, 6.45) is 1.67. The van der Waals surface area contributed by atoms with E-state index in [-0.39, 0.29) is 16.6 Å². The van der Waals surface area contributed by atoms with Crippen molar-refractivity contribution in [2.45, 2.75) is 44.0 Å². The Balaban J connectivity index is 2.09. The second-order valence-corrected chi connectivity index (χ2v) is 6.70. The van der Waals surface area contributed by atoms with E-state index in [0.29, 0.717) is 17.3 Å². The predicted molar refractivity (Wildman–Crippen MR) is 96.1 cm³/mol. The second-order valence-electron chi connectivity index (χ2n) is 5.37. The summed E-state index contributed by atoms with van der Waals surface area (Å²) in [6.45, 7) is 6.36. The van der Waals surface area contributed by atoms with Gasteiger partial charge in [-0.3, -0.25) is 9.59 Å². The highest BCUT2D eigenvalue weighted by molar-refractivity contribution is 8.00. The van der Waals surface area contributed by atoms with Gasteiger partial charge in [0.05, 0.1) is 11.9 Å². The average molecular weight is 346 g/mol. The highest BCUT2D eigenvalue weighted by Crippen LogP contribution is 2.23. The molecule has 1 heterocycles. The summed E-state index contributed by atoms with van der Waals surface area (Å²) in [4.78, 5) is 31.3. The van der Waals surface area contributed by atoms with Crippen LogP contribution in [0.4, 0.5) is 0 Å². The molecule has 6 heteroatoms. The fourth-order valence-electron chi connectivity index (χ4n) is 2.26. The zero-order chi connectivity index (χ0) is 17.5. The molecule has 0 radical (unpaired) electrons. The number of rotatable bonds is 8. The fourth-order valence-corrected chi connectivity index (χ4v) is 3.17. The number of aromatic nitrogens is 2. The number of ether oxygens (including phenoxy) is 1. The molecule has 2 aromatic rings. The molecule has 2 rings (SSSR count). The number of Topliss-reactive ketones (excluding diaryl/α,β-unsaturated/α-hetero) is 1. The highest BCUT2D eigenvalue weighted by Gasteiger charge is 2.18. The molecule has 0 fully saturated rings. The van der Waals surface area contributed by atoms with E-state index in [0.717, 1.165) is 24.3 Å². The van der Waals surface area contributed by atoms with Gasteiger partial charge in [-0.15, -0.1) is 0 Å². The van der Waals surface area contributed by atoms with E-state index in [1.807, 2.05) is 20.8 Å². The molecular weight excluding hydrogens is 324 g/mol. The molecular formula is C18H22N2O3S. The molecule has 0 saturated carbocycles. The first kappa shape index (κ1) is 18.3. The van der Waals surface area contributed by atoms with Crippen molar-refractivity contribution >= 4 is 17.5 Å². The van der Waals surface area contributed by atoms with E-state index in [1.165, 1.54) is 17.8 Å². The molecule has 128 valence electrons. The number of carbonyl (C=O) groups is 1. The van der Waals surface area contributed by atoms with E-state index in [2.05, 4.69) is 9.97 Å². The van der Waals surface area contributed by atoms with Crippen LogP contribution in [0.1, 0.15) is 43.2 Å². The maximum absolute atomic E-state index is 12.5. The summed E-state index contributed by atoms with van der Waals surface area (Å²) < 4.78 is 5.38. The molecule has 5 nitrogen and oxygen atoms in total. The molecule has 1 aromatic heterocycles. The van der Waals surface area contributed by atoms with Crippen LogP contribution in [0.25, 0.3) is 0 Å². The predicted octanol–water partition coefficient (Wildman–Crippen LogP) is 3.48. The van der Waals surface area contributed by atoms with E-state index in [9.17, 15) is 9.59 Å². The molecule has 1 atom stereocenters. The summed E-state index contributed by atoms with van der Waals surface area (Å²) in [5.74, 6) is 0.735. The molecule has 0 aliphatic rings. The summed E-state index contributed by atoms with van der Waals surface area (Å²) in [5.41, 5.74) is 1.19. The van der Waals surface area contributed by atoms with Crippen molar-refractivity contribution in [2.24, 2.45) is 0 Å². The molecule has 0 aliphatic carbocycles. The van der Waals surface area contributed by atoms with Crippen molar-refractivity contribution in [1.82, 2.24) is 9.97 Å². The Morgan fingerprint density at radius 3 is 2.62 bits per heavy atom. The lowest BCUT2D eigenvalue weighted by molar-refractivity contribution is 0.0994. The van der Waals surface area contributed by atoms with Crippen LogP contribution >= 0.6 is 11.8 Å². The number of thioether (sulfide) groups is 1. The number of ketones is 1. The number of nitrogens with zero attached hydrogens (tertiary/aromatic N) is 1. The van der Waals surface area contributed by atoms with Crippen molar-refractivity contribution in [1.29, 1.82) is 0 Å². The Bertz CT molecular complexity index is 741. The van der Waals surface area contributed by atoms with Crippen molar-refractivity contribution in [3.8, 4) is 5.75 Å². The van der Waals surface area contributed by atoms with Gasteiger partial charge in [0, 0.05) is 17.3 Å². The SMILES string of the molecule is CCCc1cc(=O)[nH]c(S[C@H](C)C(=O)c2ccc(OCC)cc2)n1. The third-order valence-electron chi connectivity index (χ3n) is 3.39. The molecule has 0 unspecified atom stereocenters. The Labute approximate surface area is 145 Å². The molecule has 24 heavy (non-hydrogen) atoms. The molecule has 0 amide bonds. The van der Waals surface area contributed by atoms with Crippen LogP contribution in [-0.4, -0.2) is 27.6 Å². The van der Waals surface area contributed by atoms with Crippen molar-refractivity contribution in [2.75, 3.05) is 6.61 Å². The van der Waals surface area contributed by atoms with Crippen LogP contribution in [-0.2, 0) is 6.42 Å². The van der Waals surface area contributed by atoms with Crippen LogP contribution < -0.4 is 10.3 Å². The van der Waals surface area contributed by atoms with Gasteiger partial charge >= 0.3 is 0 Å². The van der Waals surface area contributed by atoms with Crippen molar-refractivity contribution in [3.05, 3.63) is 51.9 Å². The number of carbonyl (C=O) groups excluding carboxylic acids is 1. The van der Waals surface area contributed by atoms with Gasteiger partial charge in [-0.05, 0) is 44.5 Å². The minimum atomic E-state index is -0.344. The van der Waals surface area contributed by atoms with E-state index >= 15 is 0 Å². The maximum Gasteiger partial charge on any atom is 0.251 e. The first-order chi connectivity index (χ1) is 11.5. The van der Waals surface area contributed by atoms with Gasteiger partial charge in [-0.25, -0.2) is 4.98 Å². The third kappa shape index (κ3) is 4.96. The zero-order valence-electron chi connectivity index (χ0n) is 14.2. The van der Waals surface area contributed by atoms with Crippen LogP contribution in [0.5, 0.6) is 5.75 Å². The van der Waals surface area contributed by atoms with Crippen LogP contribution in [0.2, 0.25) is 0 Å². The van der Waals surface area contributed by atoms with Gasteiger partial charge in [0.15, 0.2) is 10.9 Å². The van der Waals surface area contributed by atoms with Gasteiger partial charge in [-0.2, -0.15) is 0 Å². The second kappa shape index (κ2) is 8.68. The Hall–Kier alpha value is -2.08. The molecule has 1 aromatic carbocycles. The van der Waals surface area contributed by atoms with Crippen molar-refractivity contribution < 1.29 is 9.53 Å². The lowest BCUT2D eigenvalue weighted by atomic mass is 10.1. The molecule has 0 bridgehead atoms. The monoisotopic (exact) mass is 346 g/mol. The topological polar surface area (TPSA) is 72.0 Å². The lowest BCUT2D eigenvalue weighted by Crippen LogP contribution is -2.16. The number of H-pyrrole nitrogens is 1. The average Bonchev–Trinajstić information content (AvgIpc) is 2.55. The van der Waals surface area contributed by atoms with Gasteiger partial charge in [-0.1, -0.05) is 25.1 Å². The van der Waals surface area contributed by atoms with Gasteiger partial charge in [0.2, 0.25) is 0 Å². The smallest absolute Gasteiger partial charge is 0.251 e. The number of aromatic amines is 1. The van der Waals surface area contributed by atoms with Gasteiger partial charge < -0.3 is 9.72 Å².